The van der Waals surface area contributed by atoms with Crippen LogP contribution in [-0.4, -0.2) is 12.4 Å². The number of benzene rings is 1. The molecule has 0 bridgehead atoms. The first-order valence-electron chi connectivity index (χ1n) is 6.96. The lowest BCUT2D eigenvalue weighted by Gasteiger charge is -2.32. The normalized spacial score (nSPS) is 11.6. The van der Waals surface area contributed by atoms with Crippen LogP contribution in [0, 0.1) is 12.3 Å². The predicted octanol–water partition coefficient (Wildman–Crippen LogP) is 4.89. The fourth-order valence-corrected chi connectivity index (χ4v) is 2.89. The third-order valence-electron chi connectivity index (χ3n) is 3.52. The van der Waals surface area contributed by atoms with E-state index in [9.17, 15) is 0 Å². The highest BCUT2D eigenvalue weighted by molar-refractivity contribution is 7.80. The van der Waals surface area contributed by atoms with Gasteiger partial charge in [0.05, 0.1) is 6.61 Å². The third kappa shape index (κ3) is 4.24. The van der Waals surface area contributed by atoms with Crippen molar-refractivity contribution in [2.24, 2.45) is 5.41 Å². The predicted molar refractivity (Wildman–Crippen MR) is 82.8 cm³/mol. The minimum Gasteiger partial charge on any atom is -0.493 e. The number of thiol groups is 1. The molecule has 0 saturated heterocycles. The Hall–Kier alpha value is -0.630. The highest BCUT2D eigenvalue weighted by Crippen LogP contribution is 2.32. The van der Waals surface area contributed by atoms with Crippen molar-refractivity contribution in [1.82, 2.24) is 0 Å². The summed E-state index contributed by atoms with van der Waals surface area (Å²) in [4.78, 5) is 0. The number of rotatable bonds is 8. The fourth-order valence-electron chi connectivity index (χ4n) is 2.48. The summed E-state index contributed by atoms with van der Waals surface area (Å²) < 4.78 is 6.05. The minimum absolute atomic E-state index is 0.231. The van der Waals surface area contributed by atoms with E-state index in [0.29, 0.717) is 0 Å². The lowest BCUT2D eigenvalue weighted by Crippen LogP contribution is -2.30. The minimum atomic E-state index is 0.231. The van der Waals surface area contributed by atoms with Gasteiger partial charge >= 0.3 is 0 Å². The van der Waals surface area contributed by atoms with Gasteiger partial charge in [0.1, 0.15) is 5.75 Å². The van der Waals surface area contributed by atoms with Crippen molar-refractivity contribution in [2.45, 2.75) is 46.5 Å². The van der Waals surface area contributed by atoms with Gasteiger partial charge in [0.15, 0.2) is 0 Å². The highest BCUT2D eigenvalue weighted by atomic mass is 32.1. The van der Waals surface area contributed by atoms with Crippen molar-refractivity contribution in [1.29, 1.82) is 0 Å². The summed E-state index contributed by atoms with van der Waals surface area (Å²) >= 11 is 4.56. The zero-order valence-electron chi connectivity index (χ0n) is 11.9. The Morgan fingerprint density at radius 3 is 2.22 bits per heavy atom. The van der Waals surface area contributed by atoms with Crippen molar-refractivity contribution in [2.75, 3.05) is 12.4 Å². The molecule has 1 aromatic rings. The molecule has 0 unspecified atom stereocenters. The van der Waals surface area contributed by atoms with Gasteiger partial charge in [-0.3, -0.25) is 0 Å². The van der Waals surface area contributed by atoms with Crippen LogP contribution in [0.4, 0.5) is 0 Å². The first kappa shape index (κ1) is 15.4. The van der Waals surface area contributed by atoms with Crippen molar-refractivity contribution in [3.63, 3.8) is 0 Å². The molecule has 2 heteroatoms. The van der Waals surface area contributed by atoms with E-state index < -0.39 is 0 Å². The zero-order chi connectivity index (χ0) is 13.4. The van der Waals surface area contributed by atoms with E-state index in [2.05, 4.69) is 45.5 Å². The number of para-hydroxylation sites is 1. The lowest BCUT2D eigenvalue weighted by atomic mass is 9.82. The SMILES string of the molecule is CCCC(CS)(CCC)COc1ccccc1C. The van der Waals surface area contributed by atoms with Crippen LogP contribution in [0.15, 0.2) is 24.3 Å². The molecule has 0 heterocycles. The molecular weight excluding hydrogens is 240 g/mol. The molecule has 0 atom stereocenters. The number of aryl methyl sites for hydroxylation is 1. The van der Waals surface area contributed by atoms with Crippen molar-refractivity contribution in [3.8, 4) is 5.75 Å². The standard InChI is InChI=1S/C16H26OS/c1-4-10-16(13-18,11-5-2)12-17-15-9-7-6-8-14(15)3/h6-9,18H,4-5,10-13H2,1-3H3. The summed E-state index contributed by atoms with van der Waals surface area (Å²) in [7, 11) is 0. The Kier molecular flexibility index (Phi) is 6.62. The molecular formula is C16H26OS. The highest BCUT2D eigenvalue weighted by Gasteiger charge is 2.28. The van der Waals surface area contributed by atoms with Gasteiger partial charge < -0.3 is 4.74 Å². The molecule has 1 aromatic carbocycles. The molecule has 0 aliphatic rings. The van der Waals surface area contributed by atoms with Crippen molar-refractivity contribution in [3.05, 3.63) is 29.8 Å². The van der Waals surface area contributed by atoms with E-state index in [1.807, 2.05) is 12.1 Å². The topological polar surface area (TPSA) is 9.23 Å². The molecule has 18 heavy (non-hydrogen) atoms. The van der Waals surface area contributed by atoms with Crippen LogP contribution in [0.25, 0.3) is 0 Å². The van der Waals surface area contributed by atoms with Gasteiger partial charge in [-0.2, -0.15) is 12.6 Å². The van der Waals surface area contributed by atoms with Gasteiger partial charge in [0, 0.05) is 5.41 Å². The number of ether oxygens (including phenoxy) is 1. The van der Waals surface area contributed by atoms with Crippen LogP contribution in [0.3, 0.4) is 0 Å². The molecule has 102 valence electrons. The van der Waals surface area contributed by atoms with E-state index in [-0.39, 0.29) is 5.41 Å². The molecule has 0 N–H and O–H groups in total. The maximum Gasteiger partial charge on any atom is 0.122 e. The molecule has 0 saturated carbocycles. The molecule has 0 spiro atoms. The summed E-state index contributed by atoms with van der Waals surface area (Å²) in [5.74, 6) is 1.91. The van der Waals surface area contributed by atoms with E-state index in [4.69, 9.17) is 4.74 Å². The lowest BCUT2D eigenvalue weighted by molar-refractivity contribution is 0.143. The molecule has 1 nitrogen and oxygen atoms in total. The van der Waals surface area contributed by atoms with Gasteiger partial charge in [-0.15, -0.1) is 0 Å². The second-order valence-corrected chi connectivity index (χ2v) is 5.53. The Morgan fingerprint density at radius 1 is 1.11 bits per heavy atom. The van der Waals surface area contributed by atoms with Crippen molar-refractivity contribution >= 4 is 12.6 Å². The Balaban J connectivity index is 2.69. The van der Waals surface area contributed by atoms with Gasteiger partial charge in [-0.25, -0.2) is 0 Å². The summed E-state index contributed by atoms with van der Waals surface area (Å²) in [6.45, 7) is 7.35. The molecule has 1 rings (SSSR count). The molecule has 0 radical (unpaired) electrons. The van der Waals surface area contributed by atoms with Crippen LogP contribution in [0.5, 0.6) is 5.75 Å². The molecule has 0 aliphatic heterocycles. The Morgan fingerprint density at radius 2 is 1.72 bits per heavy atom. The van der Waals surface area contributed by atoms with Gasteiger partial charge in [0.25, 0.3) is 0 Å². The summed E-state index contributed by atoms with van der Waals surface area (Å²) in [5.41, 5.74) is 1.44. The number of hydrogen-bond donors (Lipinski definition) is 1. The fraction of sp³-hybridized carbons (Fsp3) is 0.625. The maximum atomic E-state index is 6.05. The van der Waals surface area contributed by atoms with Crippen LogP contribution in [0.1, 0.15) is 45.1 Å². The average molecular weight is 266 g/mol. The molecule has 0 aromatic heterocycles. The Labute approximate surface area is 117 Å². The molecule has 0 amide bonds. The van der Waals surface area contributed by atoms with Crippen LogP contribution >= 0.6 is 12.6 Å². The Bertz CT molecular complexity index is 343. The summed E-state index contributed by atoms with van der Waals surface area (Å²) in [6.07, 6.45) is 4.77. The summed E-state index contributed by atoms with van der Waals surface area (Å²) in [6, 6.07) is 8.23. The average Bonchev–Trinajstić information content (AvgIpc) is 2.38. The van der Waals surface area contributed by atoms with Crippen LogP contribution < -0.4 is 4.74 Å². The van der Waals surface area contributed by atoms with E-state index >= 15 is 0 Å². The maximum absolute atomic E-state index is 6.05. The van der Waals surface area contributed by atoms with E-state index in [0.717, 1.165) is 18.1 Å². The zero-order valence-corrected chi connectivity index (χ0v) is 12.8. The second-order valence-electron chi connectivity index (χ2n) is 5.21. The largest absolute Gasteiger partial charge is 0.493 e. The first-order chi connectivity index (χ1) is 8.67. The van der Waals surface area contributed by atoms with E-state index in [1.165, 1.54) is 31.2 Å². The van der Waals surface area contributed by atoms with Gasteiger partial charge in [-0.05, 0) is 37.1 Å². The second kappa shape index (κ2) is 7.73. The monoisotopic (exact) mass is 266 g/mol. The number of hydrogen-bond acceptors (Lipinski definition) is 2. The van der Waals surface area contributed by atoms with Crippen molar-refractivity contribution < 1.29 is 4.74 Å². The van der Waals surface area contributed by atoms with Gasteiger partial charge in [-0.1, -0.05) is 44.9 Å². The summed E-state index contributed by atoms with van der Waals surface area (Å²) in [5, 5.41) is 0. The third-order valence-corrected chi connectivity index (χ3v) is 4.19. The molecule has 0 aliphatic carbocycles. The van der Waals surface area contributed by atoms with Crippen LogP contribution in [0.2, 0.25) is 0 Å². The van der Waals surface area contributed by atoms with Crippen LogP contribution in [-0.2, 0) is 0 Å². The quantitative estimate of drug-likeness (QED) is 0.659. The molecule has 0 fully saturated rings. The van der Waals surface area contributed by atoms with Gasteiger partial charge in [0.2, 0.25) is 0 Å². The smallest absolute Gasteiger partial charge is 0.122 e. The van der Waals surface area contributed by atoms with E-state index in [1.54, 1.807) is 0 Å². The first-order valence-corrected chi connectivity index (χ1v) is 7.60.